The monoisotopic (exact) mass is 342 g/mol. The number of aryl methyl sites for hydroxylation is 1. The molecule has 0 aliphatic carbocycles. The van der Waals surface area contributed by atoms with Crippen molar-refractivity contribution in [1.82, 2.24) is 5.32 Å². The van der Waals surface area contributed by atoms with E-state index in [2.05, 4.69) is 27.3 Å². The van der Waals surface area contributed by atoms with E-state index in [1.165, 1.54) is 5.56 Å². The van der Waals surface area contributed by atoms with Gasteiger partial charge in [0.15, 0.2) is 0 Å². The minimum Gasteiger partial charge on any atom is -0.444 e. The van der Waals surface area contributed by atoms with Gasteiger partial charge in [0.05, 0.1) is 0 Å². The summed E-state index contributed by atoms with van der Waals surface area (Å²) in [6.07, 6.45) is 0.259. The van der Waals surface area contributed by atoms with E-state index in [0.29, 0.717) is 13.0 Å². The largest absolute Gasteiger partial charge is 0.444 e. The van der Waals surface area contributed by atoms with Crippen LogP contribution >= 0.6 is 15.9 Å². The predicted molar refractivity (Wildman–Crippen MR) is 84.8 cm³/mol. The van der Waals surface area contributed by atoms with Crippen molar-refractivity contribution < 1.29 is 9.53 Å². The zero-order valence-electron chi connectivity index (χ0n) is 12.5. The maximum Gasteiger partial charge on any atom is 0.407 e. The first-order valence-electron chi connectivity index (χ1n) is 6.65. The number of hydrogen-bond donors (Lipinski definition) is 2. The summed E-state index contributed by atoms with van der Waals surface area (Å²) in [5.41, 5.74) is 7.89. The molecule has 0 aliphatic rings. The standard InChI is InChI=1S/C15H23BrN2O2/c1-10-5-6-13(16)11(7-10)8-12(17)9-18-14(19)20-15(2,3)4/h5-7,12H,8-9,17H2,1-4H3,(H,18,19). The van der Waals surface area contributed by atoms with E-state index >= 15 is 0 Å². The third kappa shape index (κ3) is 6.39. The number of benzene rings is 1. The molecule has 1 amide bonds. The molecule has 1 unspecified atom stereocenters. The second kappa shape index (κ2) is 7.09. The van der Waals surface area contributed by atoms with Gasteiger partial charge in [0, 0.05) is 17.1 Å². The zero-order valence-corrected chi connectivity index (χ0v) is 14.1. The zero-order chi connectivity index (χ0) is 15.3. The fourth-order valence-corrected chi connectivity index (χ4v) is 2.15. The molecule has 112 valence electrons. The Hall–Kier alpha value is -1.07. The molecule has 1 aromatic rings. The molecule has 0 saturated carbocycles. The first kappa shape index (κ1) is 17.0. The van der Waals surface area contributed by atoms with Crippen LogP contribution in [0.5, 0.6) is 0 Å². The van der Waals surface area contributed by atoms with Gasteiger partial charge in [-0.1, -0.05) is 33.6 Å². The van der Waals surface area contributed by atoms with Crippen LogP contribution in [0.3, 0.4) is 0 Å². The highest BCUT2D eigenvalue weighted by Crippen LogP contribution is 2.19. The Kier molecular flexibility index (Phi) is 6.02. The normalized spacial score (nSPS) is 12.9. The second-order valence-electron chi connectivity index (χ2n) is 5.94. The summed E-state index contributed by atoms with van der Waals surface area (Å²) >= 11 is 3.51. The molecule has 0 radical (unpaired) electrons. The first-order chi connectivity index (χ1) is 9.17. The number of ether oxygens (including phenoxy) is 1. The molecule has 3 N–H and O–H groups in total. The number of rotatable bonds is 4. The van der Waals surface area contributed by atoms with Gasteiger partial charge in [-0.25, -0.2) is 4.79 Å². The summed E-state index contributed by atoms with van der Waals surface area (Å²) in [6, 6.07) is 5.99. The predicted octanol–water partition coefficient (Wildman–Crippen LogP) is 3.15. The molecule has 0 bridgehead atoms. The molecule has 0 saturated heterocycles. The average Bonchev–Trinajstić information content (AvgIpc) is 2.29. The van der Waals surface area contributed by atoms with Crippen molar-refractivity contribution in [3.05, 3.63) is 33.8 Å². The number of halogens is 1. The van der Waals surface area contributed by atoms with Gasteiger partial charge < -0.3 is 15.8 Å². The Balaban J connectivity index is 2.46. The van der Waals surface area contributed by atoms with E-state index in [0.717, 1.165) is 10.0 Å². The smallest absolute Gasteiger partial charge is 0.407 e. The maximum atomic E-state index is 11.5. The summed E-state index contributed by atoms with van der Waals surface area (Å²) in [5, 5.41) is 2.69. The van der Waals surface area contributed by atoms with Gasteiger partial charge in [-0.3, -0.25) is 0 Å². The van der Waals surface area contributed by atoms with Crippen LogP contribution in [0.25, 0.3) is 0 Å². The highest BCUT2D eigenvalue weighted by molar-refractivity contribution is 9.10. The van der Waals surface area contributed by atoms with Crippen LogP contribution in [-0.2, 0) is 11.2 Å². The highest BCUT2D eigenvalue weighted by Gasteiger charge is 2.16. The van der Waals surface area contributed by atoms with Crippen molar-refractivity contribution in [2.45, 2.75) is 45.8 Å². The van der Waals surface area contributed by atoms with Crippen LogP contribution in [0.2, 0.25) is 0 Å². The van der Waals surface area contributed by atoms with E-state index in [9.17, 15) is 4.79 Å². The van der Waals surface area contributed by atoms with Crippen molar-refractivity contribution in [2.75, 3.05) is 6.54 Å². The third-order valence-electron chi connectivity index (χ3n) is 2.59. The van der Waals surface area contributed by atoms with Crippen LogP contribution in [-0.4, -0.2) is 24.3 Å². The summed E-state index contributed by atoms with van der Waals surface area (Å²) in [6.45, 7) is 7.92. The van der Waals surface area contributed by atoms with Crippen molar-refractivity contribution in [3.8, 4) is 0 Å². The fourth-order valence-electron chi connectivity index (χ4n) is 1.74. The lowest BCUT2D eigenvalue weighted by atomic mass is 10.0. The van der Waals surface area contributed by atoms with E-state index < -0.39 is 11.7 Å². The molecule has 1 rings (SSSR count). The minimum atomic E-state index is -0.492. The van der Waals surface area contributed by atoms with Gasteiger partial charge in [-0.2, -0.15) is 0 Å². The number of nitrogens with two attached hydrogens (primary N) is 1. The number of carbonyl (C=O) groups is 1. The summed E-state index contributed by atoms with van der Waals surface area (Å²) in [5.74, 6) is 0. The van der Waals surface area contributed by atoms with Gasteiger partial charge in [-0.15, -0.1) is 0 Å². The Morgan fingerprint density at radius 2 is 2.10 bits per heavy atom. The lowest BCUT2D eigenvalue weighted by molar-refractivity contribution is 0.0524. The lowest BCUT2D eigenvalue weighted by Gasteiger charge is -2.21. The van der Waals surface area contributed by atoms with Crippen molar-refractivity contribution in [2.24, 2.45) is 5.73 Å². The van der Waals surface area contributed by atoms with Crippen molar-refractivity contribution >= 4 is 22.0 Å². The Morgan fingerprint density at radius 3 is 2.70 bits per heavy atom. The minimum absolute atomic E-state index is 0.152. The van der Waals surface area contributed by atoms with Crippen LogP contribution in [0.4, 0.5) is 4.79 Å². The SMILES string of the molecule is Cc1ccc(Br)c(CC(N)CNC(=O)OC(C)(C)C)c1. The number of hydrogen-bond acceptors (Lipinski definition) is 3. The topological polar surface area (TPSA) is 64.3 Å². The van der Waals surface area contributed by atoms with E-state index in [4.69, 9.17) is 10.5 Å². The quantitative estimate of drug-likeness (QED) is 0.883. The van der Waals surface area contributed by atoms with Crippen LogP contribution in [0.15, 0.2) is 22.7 Å². The molecule has 20 heavy (non-hydrogen) atoms. The Bertz CT molecular complexity index is 469. The van der Waals surface area contributed by atoms with Crippen molar-refractivity contribution in [1.29, 1.82) is 0 Å². The lowest BCUT2D eigenvalue weighted by Crippen LogP contribution is -2.41. The van der Waals surface area contributed by atoms with Crippen LogP contribution in [0.1, 0.15) is 31.9 Å². The Labute approximate surface area is 129 Å². The molecule has 0 heterocycles. The summed E-state index contributed by atoms with van der Waals surface area (Å²) < 4.78 is 6.20. The maximum absolute atomic E-state index is 11.5. The van der Waals surface area contributed by atoms with Gasteiger partial charge >= 0.3 is 6.09 Å². The van der Waals surface area contributed by atoms with Crippen LogP contribution in [0, 0.1) is 6.92 Å². The van der Waals surface area contributed by atoms with Gasteiger partial charge in [-0.05, 0) is 45.7 Å². The molecular weight excluding hydrogens is 320 g/mol. The van der Waals surface area contributed by atoms with Crippen molar-refractivity contribution in [3.63, 3.8) is 0 Å². The van der Waals surface area contributed by atoms with Gasteiger partial charge in [0.1, 0.15) is 5.60 Å². The molecule has 1 atom stereocenters. The number of nitrogens with one attached hydrogen (secondary N) is 1. The van der Waals surface area contributed by atoms with Gasteiger partial charge in [0.2, 0.25) is 0 Å². The van der Waals surface area contributed by atoms with E-state index in [1.54, 1.807) is 0 Å². The molecule has 4 nitrogen and oxygen atoms in total. The number of alkyl carbamates (subject to hydrolysis) is 1. The summed E-state index contributed by atoms with van der Waals surface area (Å²) in [7, 11) is 0. The molecule has 5 heteroatoms. The molecule has 0 fully saturated rings. The third-order valence-corrected chi connectivity index (χ3v) is 3.36. The highest BCUT2D eigenvalue weighted by atomic mass is 79.9. The van der Waals surface area contributed by atoms with Gasteiger partial charge in [0.25, 0.3) is 0 Å². The summed E-state index contributed by atoms with van der Waals surface area (Å²) in [4.78, 5) is 11.5. The molecule has 0 spiro atoms. The number of carbonyl (C=O) groups excluding carboxylic acids is 1. The molecule has 0 aliphatic heterocycles. The number of amides is 1. The first-order valence-corrected chi connectivity index (χ1v) is 7.44. The van der Waals surface area contributed by atoms with Crippen LogP contribution < -0.4 is 11.1 Å². The molecule has 0 aromatic heterocycles. The Morgan fingerprint density at radius 1 is 1.45 bits per heavy atom. The van der Waals surface area contributed by atoms with E-state index in [1.807, 2.05) is 39.8 Å². The average molecular weight is 343 g/mol. The molecular formula is C15H23BrN2O2. The fraction of sp³-hybridized carbons (Fsp3) is 0.533. The second-order valence-corrected chi connectivity index (χ2v) is 6.80. The van der Waals surface area contributed by atoms with E-state index in [-0.39, 0.29) is 6.04 Å². The molecule has 1 aromatic carbocycles.